The highest BCUT2D eigenvalue weighted by Crippen LogP contribution is 2.52. The molecule has 14 heteroatoms. The topological polar surface area (TPSA) is 129 Å². The highest BCUT2D eigenvalue weighted by Gasteiger charge is 2.48. The van der Waals surface area contributed by atoms with Crippen LogP contribution in [0.4, 0.5) is 20.2 Å². The highest BCUT2D eigenvalue weighted by molar-refractivity contribution is 7.99. The average Bonchev–Trinajstić information content (AvgIpc) is 3.21. The minimum absolute atomic E-state index is 0.0316. The number of nitrogens with one attached hydrogen (secondary N) is 3. The lowest BCUT2D eigenvalue weighted by Crippen LogP contribution is -2.56. The zero-order valence-electron chi connectivity index (χ0n) is 33.0. The fourth-order valence-electron chi connectivity index (χ4n) is 8.62. The van der Waals surface area contributed by atoms with Crippen LogP contribution in [0, 0.1) is 23.0 Å². The van der Waals surface area contributed by atoms with Crippen LogP contribution in [-0.4, -0.2) is 97.4 Å². The third-order valence-corrected chi connectivity index (χ3v) is 13.4. The molecule has 4 heterocycles. The molecule has 0 radical (unpaired) electrons. The van der Waals surface area contributed by atoms with Crippen molar-refractivity contribution in [1.29, 1.82) is 0 Å². The largest absolute Gasteiger partial charge is 0.493 e. The van der Waals surface area contributed by atoms with Gasteiger partial charge in [-0.2, -0.15) is 11.8 Å². The van der Waals surface area contributed by atoms with Crippen LogP contribution in [-0.2, 0) is 20.1 Å². The maximum Gasteiger partial charge on any atom is 0.261 e. The first-order valence-electron chi connectivity index (χ1n) is 20.5. The van der Waals surface area contributed by atoms with Gasteiger partial charge < -0.3 is 39.7 Å². The van der Waals surface area contributed by atoms with E-state index in [1.54, 1.807) is 37.0 Å². The maximum absolute atomic E-state index is 15.2. The summed E-state index contributed by atoms with van der Waals surface area (Å²) in [6, 6.07) is 8.03. The second kappa shape index (κ2) is 19.6. The van der Waals surface area contributed by atoms with Gasteiger partial charge in [-0.3, -0.25) is 9.59 Å². The van der Waals surface area contributed by atoms with E-state index in [4.69, 9.17) is 9.47 Å². The number of fused-ring (bicyclic) bond motifs is 1. The summed E-state index contributed by atoms with van der Waals surface area (Å²) in [5, 5.41) is 6.02. The maximum atomic E-state index is 15.2. The molecule has 4 fully saturated rings. The molecule has 1 spiro atoms. The van der Waals surface area contributed by atoms with Gasteiger partial charge in [0, 0.05) is 68.9 Å². The Balaban J connectivity index is 0.00000262. The van der Waals surface area contributed by atoms with Crippen molar-refractivity contribution in [3.63, 3.8) is 0 Å². The van der Waals surface area contributed by atoms with Gasteiger partial charge in [-0.15, -0.1) is 0 Å². The Labute approximate surface area is 333 Å². The summed E-state index contributed by atoms with van der Waals surface area (Å²) < 4.78 is 41.8. The quantitative estimate of drug-likeness (QED) is 0.152. The van der Waals surface area contributed by atoms with E-state index in [1.807, 2.05) is 13.8 Å². The fourth-order valence-corrected chi connectivity index (χ4v) is 9.68. The third kappa shape index (κ3) is 10.4. The molecule has 2 aromatic carbocycles. The van der Waals surface area contributed by atoms with Crippen molar-refractivity contribution in [2.24, 2.45) is 11.3 Å². The lowest BCUT2D eigenvalue weighted by Gasteiger charge is -2.56. The average molecular weight is 797 g/mol. The number of likely N-dealkylation sites (tertiary alicyclic amines) is 1. The van der Waals surface area contributed by atoms with Gasteiger partial charge in [0.2, 0.25) is 5.91 Å². The molecular weight excluding hydrogens is 739 g/mol. The number of piperidine rings is 2. The van der Waals surface area contributed by atoms with E-state index in [-0.39, 0.29) is 23.5 Å². The van der Waals surface area contributed by atoms with Crippen molar-refractivity contribution in [2.75, 3.05) is 63.3 Å². The van der Waals surface area contributed by atoms with Crippen LogP contribution in [0.15, 0.2) is 35.1 Å². The number of halogens is 2. The molecule has 1 unspecified atom stereocenters. The Kier molecular flexibility index (Phi) is 14.7. The number of carbonyl (C=O) groups excluding carboxylic acids is 2. The predicted molar refractivity (Wildman–Crippen MR) is 219 cm³/mol. The van der Waals surface area contributed by atoms with Crippen LogP contribution in [0.3, 0.4) is 0 Å². The van der Waals surface area contributed by atoms with Crippen molar-refractivity contribution >= 4 is 46.2 Å². The molecule has 56 heavy (non-hydrogen) atoms. The van der Waals surface area contributed by atoms with E-state index < -0.39 is 17.4 Å². The zero-order valence-corrected chi connectivity index (χ0v) is 33.9. The van der Waals surface area contributed by atoms with Gasteiger partial charge in [0.15, 0.2) is 0 Å². The summed E-state index contributed by atoms with van der Waals surface area (Å²) in [6.07, 6.45) is 9.73. The number of rotatable bonds is 14. The van der Waals surface area contributed by atoms with Crippen LogP contribution >= 0.6 is 11.8 Å². The van der Waals surface area contributed by atoms with Gasteiger partial charge in [-0.05, 0) is 100 Å². The molecule has 1 aromatic heterocycles. The number of thioether (sulfide) groups is 1. The summed E-state index contributed by atoms with van der Waals surface area (Å²) in [5.74, 6) is 0.822. The van der Waals surface area contributed by atoms with Gasteiger partial charge in [-0.25, -0.2) is 13.8 Å². The molecule has 3 aliphatic heterocycles. The summed E-state index contributed by atoms with van der Waals surface area (Å²) in [4.78, 5) is 47.9. The Morgan fingerprint density at radius 3 is 2.48 bits per heavy atom. The Morgan fingerprint density at radius 2 is 1.80 bits per heavy atom. The van der Waals surface area contributed by atoms with Crippen molar-refractivity contribution < 1.29 is 27.8 Å². The van der Waals surface area contributed by atoms with E-state index in [9.17, 15) is 14.4 Å². The van der Waals surface area contributed by atoms with Crippen molar-refractivity contribution in [3.05, 3.63) is 58.1 Å². The van der Waals surface area contributed by atoms with Gasteiger partial charge >= 0.3 is 0 Å². The Hall–Kier alpha value is -3.75. The fraction of sp³-hybridized carbons (Fsp3) is 0.619. The standard InChI is InChI=1S/C40H52F2N6O5S.C2H6/c1-43-37(50)5-3-28(23-49)44-27-2-4-35(32(41)18-27)48-14-10-40(11-15-48)21-29(22-40)47-12-6-26(7-13-47)24-53-30-19-33(42)38-34(20-30)45-36(46-39(38)51)25-54-31-8-16-52-17-9-31;1-2/h2,4,18-20,23,26,28-29,31,44H,3,5-17,21-22,24-25H2,1H3,(H,43,50)(H,45,46,51);1-2H3. The Bertz CT molecular complexity index is 1830. The smallest absolute Gasteiger partial charge is 0.261 e. The summed E-state index contributed by atoms with van der Waals surface area (Å²) in [6.45, 7) is 9.67. The van der Waals surface area contributed by atoms with E-state index >= 15 is 8.78 Å². The second-order valence-corrected chi connectivity index (χ2v) is 16.8. The minimum atomic E-state index is -0.615. The molecule has 3 aromatic rings. The number of hydrogen-bond acceptors (Lipinski definition) is 10. The molecule has 1 amide bonds. The molecule has 1 atom stereocenters. The van der Waals surface area contributed by atoms with Crippen molar-refractivity contribution in [3.8, 4) is 5.75 Å². The number of aromatic amines is 1. The number of nitrogens with zero attached hydrogens (tertiary/aromatic N) is 3. The van der Waals surface area contributed by atoms with Crippen LogP contribution in [0.1, 0.15) is 83.9 Å². The van der Waals surface area contributed by atoms with Gasteiger partial charge in [0.25, 0.3) is 5.56 Å². The van der Waals surface area contributed by atoms with Crippen LogP contribution in [0.5, 0.6) is 5.75 Å². The van der Waals surface area contributed by atoms with E-state index in [1.165, 1.54) is 25.0 Å². The van der Waals surface area contributed by atoms with Gasteiger partial charge in [0.05, 0.1) is 29.6 Å². The number of amides is 1. The van der Waals surface area contributed by atoms with E-state index in [0.29, 0.717) is 69.9 Å². The summed E-state index contributed by atoms with van der Waals surface area (Å²) in [5.41, 5.74) is 1.30. The normalized spacial score (nSPS) is 19.8. The molecular formula is C42H58F2N6O5S. The lowest BCUT2D eigenvalue weighted by molar-refractivity contribution is -0.120. The lowest BCUT2D eigenvalue weighted by atomic mass is 9.59. The molecule has 1 aliphatic carbocycles. The number of ether oxygens (including phenoxy) is 2. The van der Waals surface area contributed by atoms with Crippen molar-refractivity contribution in [1.82, 2.24) is 20.2 Å². The minimum Gasteiger partial charge on any atom is -0.493 e. The van der Waals surface area contributed by atoms with Crippen LogP contribution in [0.25, 0.3) is 10.9 Å². The first-order valence-corrected chi connectivity index (χ1v) is 21.5. The number of benzene rings is 2. The van der Waals surface area contributed by atoms with Gasteiger partial charge in [-0.1, -0.05) is 13.8 Å². The Morgan fingerprint density at radius 1 is 1.07 bits per heavy atom. The molecule has 11 nitrogen and oxygen atoms in total. The first kappa shape index (κ1) is 41.9. The number of carbonyl (C=O) groups is 2. The molecule has 1 saturated carbocycles. The molecule has 0 bridgehead atoms. The van der Waals surface area contributed by atoms with Gasteiger partial charge in [0.1, 0.15) is 34.9 Å². The van der Waals surface area contributed by atoms with Crippen LogP contribution in [0.2, 0.25) is 0 Å². The number of aldehydes is 1. The number of hydrogen-bond donors (Lipinski definition) is 3. The molecule has 7 rings (SSSR count). The zero-order chi connectivity index (χ0) is 39.7. The van der Waals surface area contributed by atoms with Crippen LogP contribution < -0.4 is 25.8 Å². The van der Waals surface area contributed by atoms with Crippen molar-refractivity contribution in [2.45, 2.75) is 101 Å². The summed E-state index contributed by atoms with van der Waals surface area (Å²) >= 11 is 1.75. The van der Waals surface area contributed by atoms with E-state index in [2.05, 4.69) is 30.4 Å². The number of anilines is 2. The third-order valence-electron chi connectivity index (χ3n) is 12.0. The predicted octanol–water partition coefficient (Wildman–Crippen LogP) is 6.69. The molecule has 306 valence electrons. The number of H-pyrrole nitrogens is 1. The second-order valence-electron chi connectivity index (χ2n) is 15.5. The molecule has 3 N–H and O–H groups in total. The molecule has 3 saturated heterocycles. The first-order chi connectivity index (χ1) is 27.2. The summed E-state index contributed by atoms with van der Waals surface area (Å²) in [7, 11) is 1.56. The monoisotopic (exact) mass is 796 g/mol. The van der Waals surface area contributed by atoms with E-state index in [0.717, 1.165) is 84.2 Å². The highest BCUT2D eigenvalue weighted by atomic mass is 32.2. The number of aromatic nitrogens is 2. The molecule has 4 aliphatic rings. The SMILES string of the molecule is CC.CNC(=O)CCC(C=O)Nc1ccc(N2CCC3(CC2)CC(N2CCC(COc4cc(F)c5c(=O)[nH]c(CSC6CCOCC6)nc5c4)CC2)C3)c(F)c1.